The SMILES string of the molecule is N#Cc1cc(NC(=O)Nc2ccccc2Cl)cnc1N1CCN(C2CCCCC2)CC1. The predicted octanol–water partition coefficient (Wildman–Crippen LogP) is 4.71. The second-order valence-corrected chi connectivity index (χ2v) is 8.49. The third kappa shape index (κ3) is 5.27. The number of aromatic nitrogens is 1. The first-order valence-electron chi connectivity index (χ1n) is 10.9. The summed E-state index contributed by atoms with van der Waals surface area (Å²) in [6.07, 6.45) is 8.24. The van der Waals surface area contributed by atoms with E-state index in [0.29, 0.717) is 33.8 Å². The van der Waals surface area contributed by atoms with E-state index in [1.54, 1.807) is 36.5 Å². The number of piperazine rings is 1. The highest BCUT2D eigenvalue weighted by atomic mass is 35.5. The van der Waals surface area contributed by atoms with Gasteiger partial charge in [-0.25, -0.2) is 9.78 Å². The number of anilines is 3. The van der Waals surface area contributed by atoms with E-state index in [2.05, 4.69) is 31.5 Å². The molecule has 2 heterocycles. The van der Waals surface area contributed by atoms with Gasteiger partial charge in [0.15, 0.2) is 0 Å². The number of halogens is 1. The van der Waals surface area contributed by atoms with Crippen molar-refractivity contribution in [1.29, 1.82) is 5.26 Å². The molecule has 0 bridgehead atoms. The zero-order chi connectivity index (χ0) is 21.6. The molecule has 1 aliphatic carbocycles. The number of hydrogen-bond donors (Lipinski definition) is 2. The van der Waals surface area contributed by atoms with Crippen LogP contribution in [0.2, 0.25) is 5.02 Å². The van der Waals surface area contributed by atoms with Crippen LogP contribution >= 0.6 is 11.6 Å². The number of benzene rings is 1. The number of amides is 2. The van der Waals surface area contributed by atoms with Gasteiger partial charge in [0, 0.05) is 32.2 Å². The van der Waals surface area contributed by atoms with Crippen molar-refractivity contribution in [2.75, 3.05) is 41.7 Å². The number of pyridine rings is 1. The first kappa shape index (κ1) is 21.4. The molecule has 1 aromatic heterocycles. The van der Waals surface area contributed by atoms with E-state index < -0.39 is 6.03 Å². The van der Waals surface area contributed by atoms with Crippen LogP contribution in [-0.4, -0.2) is 48.1 Å². The predicted molar refractivity (Wildman–Crippen MR) is 124 cm³/mol. The fourth-order valence-corrected chi connectivity index (χ4v) is 4.64. The molecule has 4 rings (SSSR count). The number of nitrogens with one attached hydrogen (secondary N) is 2. The summed E-state index contributed by atoms with van der Waals surface area (Å²) >= 11 is 6.08. The Hall–Kier alpha value is -2.82. The molecule has 0 atom stereocenters. The fraction of sp³-hybridized carbons (Fsp3) is 0.435. The lowest BCUT2D eigenvalue weighted by molar-refractivity contribution is 0.147. The van der Waals surface area contributed by atoms with Gasteiger partial charge in [-0.05, 0) is 31.0 Å². The molecular weight excluding hydrogens is 412 g/mol. The molecule has 1 saturated heterocycles. The van der Waals surface area contributed by atoms with Crippen molar-refractivity contribution in [3.63, 3.8) is 0 Å². The standard InChI is InChI=1S/C23H27ClN6O/c24-20-8-4-5-9-21(20)28-23(31)27-18-14-17(15-25)22(26-16-18)30-12-10-29(11-13-30)19-6-2-1-3-7-19/h4-5,8-9,14,16,19H,1-3,6-7,10-13H2,(H2,27,28,31). The summed E-state index contributed by atoms with van der Waals surface area (Å²) in [5, 5.41) is 15.5. The van der Waals surface area contributed by atoms with Gasteiger partial charge < -0.3 is 15.5 Å². The molecule has 1 aromatic carbocycles. The van der Waals surface area contributed by atoms with Crippen LogP contribution in [0.5, 0.6) is 0 Å². The third-order valence-electron chi connectivity index (χ3n) is 6.07. The molecule has 0 spiro atoms. The van der Waals surface area contributed by atoms with Gasteiger partial charge in [-0.2, -0.15) is 5.26 Å². The summed E-state index contributed by atoms with van der Waals surface area (Å²) in [6.45, 7) is 3.71. The van der Waals surface area contributed by atoms with E-state index in [9.17, 15) is 10.1 Å². The van der Waals surface area contributed by atoms with Crippen molar-refractivity contribution in [3.05, 3.63) is 47.1 Å². The number of nitrogens with zero attached hydrogens (tertiary/aromatic N) is 4. The number of para-hydroxylation sites is 1. The van der Waals surface area contributed by atoms with Gasteiger partial charge in [0.2, 0.25) is 0 Å². The van der Waals surface area contributed by atoms with E-state index in [4.69, 9.17) is 11.6 Å². The highest BCUT2D eigenvalue weighted by molar-refractivity contribution is 6.33. The fourth-order valence-electron chi connectivity index (χ4n) is 4.45. The average molecular weight is 439 g/mol. The molecular formula is C23H27ClN6O. The van der Waals surface area contributed by atoms with Crippen LogP contribution in [-0.2, 0) is 0 Å². The Morgan fingerprint density at radius 3 is 2.55 bits per heavy atom. The highest BCUT2D eigenvalue weighted by Gasteiger charge is 2.26. The first-order valence-corrected chi connectivity index (χ1v) is 11.2. The lowest BCUT2D eigenvalue weighted by Crippen LogP contribution is -2.51. The molecule has 2 aliphatic rings. The Labute approximate surface area is 188 Å². The van der Waals surface area contributed by atoms with Gasteiger partial charge in [-0.1, -0.05) is 43.0 Å². The summed E-state index contributed by atoms with van der Waals surface area (Å²) in [5.74, 6) is 0.683. The number of rotatable bonds is 4. The Morgan fingerprint density at radius 1 is 1.10 bits per heavy atom. The molecule has 8 heteroatoms. The molecule has 2 aromatic rings. The molecule has 1 saturated carbocycles. The van der Waals surface area contributed by atoms with Gasteiger partial charge in [0.1, 0.15) is 11.9 Å². The largest absolute Gasteiger partial charge is 0.353 e. The summed E-state index contributed by atoms with van der Waals surface area (Å²) < 4.78 is 0. The van der Waals surface area contributed by atoms with Gasteiger partial charge in [0.05, 0.1) is 28.2 Å². The smallest absolute Gasteiger partial charge is 0.323 e. The summed E-state index contributed by atoms with van der Waals surface area (Å²) in [5.41, 5.74) is 1.44. The van der Waals surface area contributed by atoms with E-state index in [-0.39, 0.29) is 0 Å². The van der Waals surface area contributed by atoms with E-state index in [0.717, 1.165) is 26.2 Å². The molecule has 0 radical (unpaired) electrons. The normalized spacial score (nSPS) is 17.7. The van der Waals surface area contributed by atoms with Crippen molar-refractivity contribution >= 4 is 34.8 Å². The second kappa shape index (κ2) is 9.99. The van der Waals surface area contributed by atoms with Crippen molar-refractivity contribution in [2.45, 2.75) is 38.1 Å². The number of carbonyl (C=O) groups is 1. The Morgan fingerprint density at radius 2 is 1.84 bits per heavy atom. The maximum absolute atomic E-state index is 12.3. The molecule has 2 N–H and O–H groups in total. The zero-order valence-electron chi connectivity index (χ0n) is 17.5. The molecule has 2 amide bonds. The summed E-state index contributed by atoms with van der Waals surface area (Å²) in [6, 6.07) is 11.2. The van der Waals surface area contributed by atoms with Crippen LogP contribution < -0.4 is 15.5 Å². The zero-order valence-corrected chi connectivity index (χ0v) is 18.2. The van der Waals surface area contributed by atoms with Gasteiger partial charge in [-0.3, -0.25) is 4.90 Å². The van der Waals surface area contributed by atoms with Crippen molar-refractivity contribution in [3.8, 4) is 6.07 Å². The van der Waals surface area contributed by atoms with Gasteiger partial charge in [0.25, 0.3) is 0 Å². The lowest BCUT2D eigenvalue weighted by atomic mass is 9.94. The topological polar surface area (TPSA) is 84.3 Å². The van der Waals surface area contributed by atoms with Gasteiger partial charge >= 0.3 is 6.03 Å². The maximum atomic E-state index is 12.3. The first-order chi connectivity index (χ1) is 15.1. The number of nitriles is 1. The quantitative estimate of drug-likeness (QED) is 0.722. The highest BCUT2D eigenvalue weighted by Crippen LogP contribution is 2.26. The van der Waals surface area contributed by atoms with Crippen LogP contribution in [0.15, 0.2) is 36.5 Å². The molecule has 0 unspecified atom stereocenters. The molecule has 2 fully saturated rings. The van der Waals surface area contributed by atoms with E-state index in [1.165, 1.54) is 32.1 Å². The Kier molecular flexibility index (Phi) is 6.90. The van der Waals surface area contributed by atoms with Crippen LogP contribution in [0.25, 0.3) is 0 Å². The van der Waals surface area contributed by atoms with Gasteiger partial charge in [-0.15, -0.1) is 0 Å². The molecule has 31 heavy (non-hydrogen) atoms. The number of carbonyl (C=O) groups excluding carboxylic acids is 1. The van der Waals surface area contributed by atoms with Crippen molar-refractivity contribution in [1.82, 2.24) is 9.88 Å². The van der Waals surface area contributed by atoms with E-state index in [1.807, 2.05) is 0 Å². The minimum Gasteiger partial charge on any atom is -0.353 e. The molecule has 1 aliphatic heterocycles. The Bertz CT molecular complexity index is 961. The summed E-state index contributed by atoms with van der Waals surface area (Å²) in [7, 11) is 0. The third-order valence-corrected chi connectivity index (χ3v) is 6.40. The van der Waals surface area contributed by atoms with E-state index >= 15 is 0 Å². The monoisotopic (exact) mass is 438 g/mol. The Balaban J connectivity index is 1.37. The molecule has 7 nitrogen and oxygen atoms in total. The number of urea groups is 1. The maximum Gasteiger partial charge on any atom is 0.323 e. The molecule has 162 valence electrons. The van der Waals surface area contributed by atoms with Crippen LogP contribution in [0.4, 0.5) is 22.0 Å². The van der Waals surface area contributed by atoms with Crippen LogP contribution in [0.1, 0.15) is 37.7 Å². The average Bonchev–Trinajstić information content (AvgIpc) is 2.81. The minimum absolute atomic E-state index is 0.437. The van der Waals surface area contributed by atoms with Crippen LogP contribution in [0, 0.1) is 11.3 Å². The van der Waals surface area contributed by atoms with Crippen LogP contribution in [0.3, 0.4) is 0 Å². The number of hydrogen-bond acceptors (Lipinski definition) is 5. The minimum atomic E-state index is -0.437. The van der Waals surface area contributed by atoms with Crippen molar-refractivity contribution in [2.24, 2.45) is 0 Å². The second-order valence-electron chi connectivity index (χ2n) is 8.08. The summed E-state index contributed by atoms with van der Waals surface area (Å²) in [4.78, 5) is 21.6. The van der Waals surface area contributed by atoms with Crippen molar-refractivity contribution < 1.29 is 4.79 Å². The lowest BCUT2D eigenvalue weighted by Gasteiger charge is -2.41.